The van der Waals surface area contributed by atoms with E-state index in [9.17, 15) is 13.2 Å². The lowest BCUT2D eigenvalue weighted by atomic mass is 9.84. The summed E-state index contributed by atoms with van der Waals surface area (Å²) in [4.78, 5) is 14.5. The second-order valence-electron chi connectivity index (χ2n) is 6.35. The van der Waals surface area contributed by atoms with Crippen molar-refractivity contribution in [3.8, 4) is 0 Å². The van der Waals surface area contributed by atoms with Crippen molar-refractivity contribution in [1.82, 2.24) is 4.90 Å². The zero-order chi connectivity index (χ0) is 16.3. The number of amides is 1. The predicted molar refractivity (Wildman–Crippen MR) is 88.2 cm³/mol. The standard InChI is InChI=1S/C17H25NO3S/c1-13(16-10-5-4-6-11-16)18(12-15-8-7-9-15)17(19)14(2)22(3,20)21/h4-6,10-11,13-15H,7-9,12H2,1-3H3/t13-,14+/m1/s1. The second kappa shape index (κ2) is 6.82. The van der Waals surface area contributed by atoms with Gasteiger partial charge in [-0.2, -0.15) is 0 Å². The number of nitrogens with zero attached hydrogens (tertiary/aromatic N) is 1. The maximum atomic E-state index is 12.7. The molecule has 2 atom stereocenters. The fourth-order valence-electron chi connectivity index (χ4n) is 2.72. The Bertz CT molecular complexity index is 608. The van der Waals surface area contributed by atoms with Crippen LogP contribution in [0.3, 0.4) is 0 Å². The van der Waals surface area contributed by atoms with Gasteiger partial charge in [0.1, 0.15) is 5.25 Å². The van der Waals surface area contributed by atoms with Crippen molar-refractivity contribution in [1.29, 1.82) is 0 Å². The molecule has 4 nitrogen and oxygen atoms in total. The molecule has 5 heteroatoms. The lowest BCUT2D eigenvalue weighted by Crippen LogP contribution is -2.45. The molecule has 0 N–H and O–H groups in total. The van der Waals surface area contributed by atoms with Gasteiger partial charge in [-0.1, -0.05) is 36.8 Å². The Morgan fingerprint density at radius 1 is 1.23 bits per heavy atom. The number of sulfone groups is 1. The van der Waals surface area contributed by atoms with E-state index >= 15 is 0 Å². The number of carbonyl (C=O) groups excluding carboxylic acids is 1. The van der Waals surface area contributed by atoms with Crippen molar-refractivity contribution in [2.75, 3.05) is 12.8 Å². The summed E-state index contributed by atoms with van der Waals surface area (Å²) in [5.41, 5.74) is 1.04. The lowest BCUT2D eigenvalue weighted by Gasteiger charge is -2.37. The molecule has 1 aliphatic rings. The van der Waals surface area contributed by atoms with E-state index in [4.69, 9.17) is 0 Å². The van der Waals surface area contributed by atoms with E-state index in [1.165, 1.54) is 13.3 Å². The molecular weight excluding hydrogens is 298 g/mol. The largest absolute Gasteiger partial charge is 0.335 e. The fraction of sp³-hybridized carbons (Fsp3) is 0.588. The first-order valence-corrected chi connectivity index (χ1v) is 9.80. The van der Waals surface area contributed by atoms with Gasteiger partial charge in [0.25, 0.3) is 0 Å². The average molecular weight is 323 g/mol. The summed E-state index contributed by atoms with van der Waals surface area (Å²) in [5.74, 6) is 0.215. The van der Waals surface area contributed by atoms with Gasteiger partial charge in [-0.25, -0.2) is 8.42 Å². The molecule has 0 unspecified atom stereocenters. The third-order valence-corrected chi connectivity index (χ3v) is 6.19. The van der Waals surface area contributed by atoms with Gasteiger partial charge in [-0.15, -0.1) is 0 Å². The topological polar surface area (TPSA) is 54.5 Å². The third-order valence-electron chi connectivity index (χ3n) is 4.70. The highest BCUT2D eigenvalue weighted by molar-refractivity contribution is 7.92. The van der Waals surface area contributed by atoms with Crippen molar-refractivity contribution in [3.63, 3.8) is 0 Å². The van der Waals surface area contributed by atoms with Gasteiger partial charge in [0, 0.05) is 12.8 Å². The Morgan fingerprint density at radius 3 is 2.27 bits per heavy atom. The summed E-state index contributed by atoms with van der Waals surface area (Å²) >= 11 is 0. The van der Waals surface area contributed by atoms with E-state index in [1.807, 2.05) is 37.3 Å². The minimum absolute atomic E-state index is 0.113. The Labute approximate surface area is 133 Å². The van der Waals surface area contributed by atoms with Crippen LogP contribution in [0, 0.1) is 5.92 Å². The van der Waals surface area contributed by atoms with E-state index in [1.54, 1.807) is 4.90 Å². The second-order valence-corrected chi connectivity index (χ2v) is 8.71. The maximum Gasteiger partial charge on any atom is 0.241 e. The summed E-state index contributed by atoms with van der Waals surface area (Å²) in [5, 5.41) is -0.987. The highest BCUT2D eigenvalue weighted by Gasteiger charge is 2.33. The minimum atomic E-state index is -3.38. The van der Waals surface area contributed by atoms with Crippen LogP contribution in [-0.2, 0) is 14.6 Å². The van der Waals surface area contributed by atoms with Gasteiger partial charge in [0.05, 0.1) is 6.04 Å². The third kappa shape index (κ3) is 3.88. The molecule has 0 radical (unpaired) electrons. The van der Waals surface area contributed by atoms with Crippen molar-refractivity contribution in [2.24, 2.45) is 5.92 Å². The van der Waals surface area contributed by atoms with Gasteiger partial charge < -0.3 is 4.90 Å². The monoisotopic (exact) mass is 323 g/mol. The molecule has 1 aromatic rings. The molecule has 1 fully saturated rings. The molecule has 0 heterocycles. The zero-order valence-electron chi connectivity index (χ0n) is 13.5. The molecule has 1 amide bonds. The van der Waals surface area contributed by atoms with Crippen molar-refractivity contribution in [3.05, 3.63) is 35.9 Å². The number of carbonyl (C=O) groups is 1. The first-order chi connectivity index (χ1) is 10.3. The van der Waals surface area contributed by atoms with Crippen LogP contribution in [0.2, 0.25) is 0 Å². The molecule has 0 bridgehead atoms. The lowest BCUT2D eigenvalue weighted by molar-refractivity contribution is -0.133. The molecule has 1 aliphatic carbocycles. The van der Waals surface area contributed by atoms with Crippen LogP contribution in [-0.4, -0.2) is 37.3 Å². The van der Waals surface area contributed by atoms with Crippen LogP contribution in [0.25, 0.3) is 0 Å². The highest BCUT2D eigenvalue weighted by atomic mass is 32.2. The smallest absolute Gasteiger partial charge is 0.241 e. The molecule has 22 heavy (non-hydrogen) atoms. The van der Waals surface area contributed by atoms with Crippen LogP contribution < -0.4 is 0 Å². The van der Waals surface area contributed by atoms with Gasteiger partial charge in [-0.3, -0.25) is 4.79 Å². The molecule has 0 saturated heterocycles. The molecule has 0 aliphatic heterocycles. The van der Waals surface area contributed by atoms with Gasteiger partial charge in [0.2, 0.25) is 5.91 Å². The van der Waals surface area contributed by atoms with Crippen LogP contribution in [0.15, 0.2) is 30.3 Å². The molecule has 2 rings (SSSR count). The van der Waals surface area contributed by atoms with E-state index in [0.29, 0.717) is 12.5 Å². The van der Waals surface area contributed by atoms with E-state index in [-0.39, 0.29) is 11.9 Å². The zero-order valence-corrected chi connectivity index (χ0v) is 14.3. The van der Waals surface area contributed by atoms with Crippen molar-refractivity contribution in [2.45, 2.75) is 44.4 Å². The van der Waals surface area contributed by atoms with Crippen LogP contribution in [0.4, 0.5) is 0 Å². The summed E-state index contributed by atoms with van der Waals surface area (Å²) in [6.45, 7) is 4.11. The quantitative estimate of drug-likeness (QED) is 0.809. The minimum Gasteiger partial charge on any atom is -0.335 e. The van der Waals surface area contributed by atoms with Crippen molar-refractivity contribution >= 4 is 15.7 Å². The summed E-state index contributed by atoms with van der Waals surface area (Å²) in [7, 11) is -3.38. The van der Waals surface area contributed by atoms with Gasteiger partial charge >= 0.3 is 0 Å². The Morgan fingerprint density at radius 2 is 1.82 bits per heavy atom. The van der Waals surface area contributed by atoms with E-state index in [2.05, 4.69) is 0 Å². The van der Waals surface area contributed by atoms with Gasteiger partial charge in [-0.05, 0) is 38.2 Å². The Kier molecular flexibility index (Phi) is 5.27. The summed E-state index contributed by atoms with van der Waals surface area (Å²) in [6.07, 6.45) is 4.58. The number of hydrogen-bond donors (Lipinski definition) is 0. The molecular formula is C17H25NO3S. The predicted octanol–water partition coefficient (Wildman–Crippen LogP) is 2.81. The van der Waals surface area contributed by atoms with Crippen LogP contribution >= 0.6 is 0 Å². The highest BCUT2D eigenvalue weighted by Crippen LogP contribution is 2.31. The normalized spacial score (nSPS) is 18.3. The van der Waals surface area contributed by atoms with Crippen LogP contribution in [0.5, 0.6) is 0 Å². The number of benzene rings is 1. The SMILES string of the molecule is C[C@H](c1ccccc1)N(CC1CCC1)C(=O)[C@H](C)S(C)(=O)=O. The molecule has 0 aromatic heterocycles. The Balaban J connectivity index is 2.23. The summed E-state index contributed by atoms with van der Waals surface area (Å²) < 4.78 is 23.5. The number of rotatable bonds is 6. The van der Waals surface area contributed by atoms with Crippen LogP contribution in [0.1, 0.15) is 44.7 Å². The first kappa shape index (κ1) is 17.0. The van der Waals surface area contributed by atoms with Gasteiger partial charge in [0.15, 0.2) is 9.84 Å². The van der Waals surface area contributed by atoms with Crippen molar-refractivity contribution < 1.29 is 13.2 Å². The first-order valence-electron chi connectivity index (χ1n) is 7.85. The Hall–Kier alpha value is -1.36. The van der Waals surface area contributed by atoms with E-state index in [0.717, 1.165) is 24.7 Å². The molecule has 1 saturated carbocycles. The molecule has 0 spiro atoms. The number of hydrogen-bond acceptors (Lipinski definition) is 3. The van der Waals surface area contributed by atoms with E-state index < -0.39 is 15.1 Å². The fourth-order valence-corrected chi connectivity index (χ4v) is 3.22. The maximum absolute atomic E-state index is 12.7. The molecule has 122 valence electrons. The summed E-state index contributed by atoms with van der Waals surface area (Å²) in [6, 6.07) is 9.68. The average Bonchev–Trinajstić information content (AvgIpc) is 2.44. The molecule has 1 aromatic carbocycles.